The van der Waals surface area contributed by atoms with Gasteiger partial charge < -0.3 is 4.98 Å². The zero-order chi connectivity index (χ0) is 4.83. The molecule has 0 rings (SSSR count). The van der Waals surface area contributed by atoms with Gasteiger partial charge in [-0.15, -0.1) is 19.0 Å². The molecule has 7 heavy (non-hydrogen) atoms. The molecule has 0 fully saturated rings. The highest BCUT2D eigenvalue weighted by Gasteiger charge is 1.68. The Morgan fingerprint density at radius 1 is 1.86 bits per heavy atom. The van der Waals surface area contributed by atoms with E-state index >= 15 is 0 Å². The van der Waals surface area contributed by atoms with Crippen LogP contribution in [0.15, 0.2) is 12.7 Å². The van der Waals surface area contributed by atoms with Crippen LogP contribution in [0, 0.1) is 0 Å². The summed E-state index contributed by atoms with van der Waals surface area (Å²) in [6, 6.07) is 0. The first-order chi connectivity index (χ1) is 2.91. The van der Waals surface area contributed by atoms with E-state index in [4.69, 9.17) is 0 Å². The van der Waals surface area contributed by atoms with Gasteiger partial charge in [0.15, 0.2) is 0 Å². The predicted molar refractivity (Wildman–Crippen MR) is 43.9 cm³/mol. The van der Waals surface area contributed by atoms with Crippen molar-refractivity contribution in [2.75, 3.05) is 6.54 Å². The second kappa shape index (κ2) is 9.66. The van der Waals surface area contributed by atoms with E-state index in [1.165, 1.54) is 9.76 Å². The minimum Gasteiger partial charge on any atom is -0.342 e. The lowest BCUT2D eigenvalue weighted by Crippen LogP contribution is -2.18. The molecule has 0 aromatic rings. The molecule has 1 N–H and O–H groups in total. The van der Waals surface area contributed by atoms with Gasteiger partial charge in [0.2, 0.25) is 0 Å². The number of rotatable bonds is 3. The minimum atomic E-state index is 0. The van der Waals surface area contributed by atoms with Crippen LogP contribution in [0.5, 0.6) is 0 Å². The average molecular weight is 154 g/mol. The largest absolute Gasteiger partial charge is 0.342 e. The average Bonchev–Trinajstić information content (AvgIpc) is 1.61. The summed E-state index contributed by atoms with van der Waals surface area (Å²) in [7, 11) is 1.60. The summed E-state index contributed by atoms with van der Waals surface area (Å²) in [5, 5.41) is 0. The monoisotopic (exact) mass is 153 g/mol. The maximum atomic E-state index is 3.57. The molecule has 1 nitrogen and oxygen atoms in total. The van der Waals surface area contributed by atoms with Gasteiger partial charge in [-0.25, -0.2) is 0 Å². The van der Waals surface area contributed by atoms with E-state index in [0.717, 1.165) is 6.54 Å². The molecule has 0 aliphatic heterocycles. The Morgan fingerprint density at radius 3 is 2.57 bits per heavy atom. The van der Waals surface area contributed by atoms with Crippen molar-refractivity contribution in [3.63, 3.8) is 0 Å². The minimum absolute atomic E-state index is 0. The topological polar surface area (TPSA) is 12.0 Å². The first-order valence-electron chi connectivity index (χ1n) is 2.23. The summed E-state index contributed by atoms with van der Waals surface area (Å²) in [5.74, 6) is 0. The van der Waals surface area contributed by atoms with Crippen LogP contribution in [0.1, 0.15) is 0 Å². The molecule has 0 unspecified atom stereocenters. The van der Waals surface area contributed by atoms with E-state index in [1.807, 2.05) is 6.08 Å². The quantitative estimate of drug-likeness (QED) is 0.297. The Hall–Kier alpha value is 0.424. The van der Waals surface area contributed by atoms with Crippen LogP contribution in [-0.2, 0) is 0 Å². The first-order valence-corrected chi connectivity index (χ1v) is 8.59. The molecule has 4 heteroatoms. The molecular formula is C3H12ClNSi2. The maximum Gasteiger partial charge on any atom is 0.0725 e. The SMILES string of the molecule is C=CCN[SiH2][SiH3].Cl. The Bertz CT molecular complexity index is 41.9. The van der Waals surface area contributed by atoms with Crippen LogP contribution in [0.25, 0.3) is 0 Å². The summed E-state index contributed by atoms with van der Waals surface area (Å²) < 4.78 is 0. The van der Waals surface area contributed by atoms with Crippen LogP contribution in [0.4, 0.5) is 0 Å². The molecule has 44 valence electrons. The Balaban J connectivity index is 0. The summed E-state index contributed by atoms with van der Waals surface area (Å²) >= 11 is 0. The third-order valence-electron chi connectivity index (χ3n) is 0.539. The lowest BCUT2D eigenvalue weighted by atomic mass is 10.7. The van der Waals surface area contributed by atoms with Crippen molar-refractivity contribution in [3.8, 4) is 0 Å². The van der Waals surface area contributed by atoms with E-state index in [0.29, 0.717) is 0 Å². The van der Waals surface area contributed by atoms with Crippen molar-refractivity contribution in [1.82, 2.24) is 4.98 Å². The van der Waals surface area contributed by atoms with Crippen molar-refractivity contribution in [3.05, 3.63) is 12.7 Å². The molecule has 0 saturated carbocycles. The smallest absolute Gasteiger partial charge is 0.0725 e. The van der Waals surface area contributed by atoms with Crippen LogP contribution >= 0.6 is 12.4 Å². The van der Waals surface area contributed by atoms with Crippen LogP contribution in [0.3, 0.4) is 0 Å². The lowest BCUT2D eigenvalue weighted by molar-refractivity contribution is 1.11. The van der Waals surface area contributed by atoms with Gasteiger partial charge in [0, 0.05) is 16.3 Å². The molecular weight excluding hydrogens is 142 g/mol. The highest BCUT2D eigenvalue weighted by molar-refractivity contribution is 6.87. The van der Waals surface area contributed by atoms with Crippen molar-refractivity contribution in [2.24, 2.45) is 0 Å². The summed E-state index contributed by atoms with van der Waals surface area (Å²) in [6.07, 6.45) is 1.91. The molecule has 0 bridgehead atoms. The molecule has 0 aliphatic carbocycles. The predicted octanol–water partition coefficient (Wildman–Crippen LogP) is -1.45. The van der Waals surface area contributed by atoms with Crippen LogP contribution in [-0.4, -0.2) is 25.5 Å². The van der Waals surface area contributed by atoms with Gasteiger partial charge >= 0.3 is 0 Å². The number of halogens is 1. The Morgan fingerprint density at radius 2 is 2.43 bits per heavy atom. The van der Waals surface area contributed by atoms with E-state index < -0.39 is 0 Å². The zero-order valence-electron chi connectivity index (χ0n) is 4.61. The third-order valence-corrected chi connectivity index (χ3v) is 2.83. The maximum absolute atomic E-state index is 3.57. The highest BCUT2D eigenvalue weighted by atomic mass is 35.5. The Labute approximate surface area is 56.1 Å². The molecule has 0 atom stereocenters. The van der Waals surface area contributed by atoms with E-state index in [9.17, 15) is 0 Å². The summed E-state index contributed by atoms with van der Waals surface area (Å²) in [4.78, 5) is 3.28. The van der Waals surface area contributed by atoms with E-state index in [-0.39, 0.29) is 21.6 Å². The van der Waals surface area contributed by atoms with E-state index in [1.54, 1.807) is 0 Å². The summed E-state index contributed by atoms with van der Waals surface area (Å²) in [6.45, 7) is 4.60. The van der Waals surface area contributed by atoms with Crippen LogP contribution in [0.2, 0.25) is 0 Å². The zero-order valence-corrected chi connectivity index (χ0v) is 8.84. The fourth-order valence-corrected chi connectivity index (χ4v) is 1.61. The molecule has 0 aromatic heterocycles. The molecule has 0 aromatic carbocycles. The second-order valence-corrected chi connectivity index (χ2v) is 4.42. The van der Waals surface area contributed by atoms with Gasteiger partial charge in [-0.05, 0) is 0 Å². The molecule has 0 aliphatic rings. The lowest BCUT2D eigenvalue weighted by Gasteiger charge is -1.87. The highest BCUT2D eigenvalue weighted by Crippen LogP contribution is 1.50. The van der Waals surface area contributed by atoms with Crippen molar-refractivity contribution in [2.45, 2.75) is 0 Å². The molecule has 0 spiro atoms. The fourth-order valence-electron chi connectivity index (χ4n) is 0.246. The molecule has 0 amide bonds. The normalized spacial score (nSPS) is 9.14. The standard InChI is InChI=1S/C3H11NSi2.ClH/c1-2-3-4-6-5;/h2,4H,1,3,6H2,5H3;1H. The van der Waals surface area contributed by atoms with E-state index in [2.05, 4.69) is 11.6 Å². The van der Waals surface area contributed by atoms with Crippen molar-refractivity contribution in [1.29, 1.82) is 0 Å². The summed E-state index contributed by atoms with van der Waals surface area (Å²) in [5.41, 5.74) is 0. The fraction of sp³-hybridized carbons (Fsp3) is 0.333. The van der Waals surface area contributed by atoms with Gasteiger partial charge in [0.1, 0.15) is 0 Å². The van der Waals surface area contributed by atoms with Crippen molar-refractivity contribution < 1.29 is 0 Å². The second-order valence-electron chi connectivity index (χ2n) is 1.10. The van der Waals surface area contributed by atoms with Gasteiger partial charge in [0.25, 0.3) is 0 Å². The number of hydrogen-bond acceptors (Lipinski definition) is 1. The van der Waals surface area contributed by atoms with Crippen molar-refractivity contribution >= 4 is 31.4 Å². The van der Waals surface area contributed by atoms with Gasteiger partial charge in [-0.1, -0.05) is 6.08 Å². The van der Waals surface area contributed by atoms with Gasteiger partial charge in [-0.3, -0.25) is 0 Å². The molecule has 0 radical (unpaired) electrons. The third kappa shape index (κ3) is 10.7. The Kier molecular flexibility index (Phi) is 14.4. The molecule has 0 heterocycles. The van der Waals surface area contributed by atoms with Gasteiger partial charge in [-0.2, -0.15) is 0 Å². The number of nitrogens with one attached hydrogen (secondary N) is 1. The first kappa shape index (κ1) is 10.4. The number of hydrogen-bond donors (Lipinski definition) is 1. The van der Waals surface area contributed by atoms with Gasteiger partial charge in [0.05, 0.1) is 9.20 Å². The molecule has 0 saturated heterocycles. The van der Waals surface area contributed by atoms with Crippen LogP contribution < -0.4 is 4.98 Å².